The molecule has 0 fully saturated rings. The van der Waals surface area contributed by atoms with Gasteiger partial charge in [-0.15, -0.1) is 0 Å². The van der Waals surface area contributed by atoms with Crippen molar-refractivity contribution in [2.24, 2.45) is 0 Å². The monoisotopic (exact) mass is 167 g/mol. The Morgan fingerprint density at radius 2 is 2.33 bits per heavy atom. The van der Waals surface area contributed by atoms with Crippen LogP contribution >= 0.6 is 0 Å². The maximum atomic E-state index is 10.9. The van der Waals surface area contributed by atoms with E-state index < -0.39 is 5.97 Å². The van der Waals surface area contributed by atoms with Crippen molar-refractivity contribution in [1.82, 2.24) is 5.32 Å². The predicted octanol–water partition coefficient (Wildman–Crippen LogP) is 0.467. The van der Waals surface area contributed by atoms with Crippen LogP contribution in [0.4, 0.5) is 0 Å². The normalized spacial score (nSPS) is 19.0. The minimum atomic E-state index is -0.515. The van der Waals surface area contributed by atoms with Crippen molar-refractivity contribution in [1.29, 1.82) is 0 Å². The Morgan fingerprint density at radius 1 is 1.67 bits per heavy atom. The minimum Gasteiger partial charge on any atom is -0.422 e. The fourth-order valence-corrected chi connectivity index (χ4v) is 0.812. The zero-order valence-corrected chi connectivity index (χ0v) is 6.88. The summed E-state index contributed by atoms with van der Waals surface area (Å²) in [5.41, 5.74) is 0.190. The molecule has 0 aromatic heterocycles. The fourth-order valence-electron chi connectivity index (χ4n) is 0.812. The first-order valence-corrected chi connectivity index (χ1v) is 3.51. The molecule has 0 unspecified atom stereocenters. The molecular formula is C8H9NO3. The first-order valence-electron chi connectivity index (χ1n) is 3.51. The third-order valence-electron chi connectivity index (χ3n) is 1.31. The van der Waals surface area contributed by atoms with Gasteiger partial charge in [-0.2, -0.15) is 0 Å². The average Bonchev–Trinajstić information content (AvgIpc) is 2.31. The molecule has 0 aromatic carbocycles. The highest BCUT2D eigenvalue weighted by atomic mass is 16.5. The molecule has 0 atom stereocenters. The van der Waals surface area contributed by atoms with Gasteiger partial charge in [0.1, 0.15) is 11.5 Å². The van der Waals surface area contributed by atoms with Crippen LogP contribution in [0.1, 0.15) is 13.8 Å². The molecule has 0 bridgehead atoms. The van der Waals surface area contributed by atoms with Crippen molar-refractivity contribution in [3.8, 4) is 0 Å². The Kier molecular flexibility index (Phi) is 2.28. The zero-order chi connectivity index (χ0) is 9.14. The number of carbonyl (C=O) groups excluding carboxylic acids is 2. The van der Waals surface area contributed by atoms with Crippen LogP contribution in [0.2, 0.25) is 0 Å². The number of rotatable bonds is 1. The van der Waals surface area contributed by atoms with Crippen LogP contribution in [0.15, 0.2) is 23.6 Å². The third kappa shape index (κ3) is 1.72. The maximum Gasteiger partial charge on any atom is 0.360 e. The summed E-state index contributed by atoms with van der Waals surface area (Å²) in [4.78, 5) is 21.5. The van der Waals surface area contributed by atoms with Gasteiger partial charge in [-0.1, -0.05) is 0 Å². The molecule has 0 saturated carbocycles. The molecule has 4 nitrogen and oxygen atoms in total. The molecule has 4 heteroatoms. The Labute approximate surface area is 69.9 Å². The van der Waals surface area contributed by atoms with Crippen molar-refractivity contribution >= 4 is 11.9 Å². The van der Waals surface area contributed by atoms with Gasteiger partial charge in [-0.05, 0) is 13.0 Å². The van der Waals surface area contributed by atoms with Gasteiger partial charge in [0.2, 0.25) is 5.91 Å². The zero-order valence-electron chi connectivity index (χ0n) is 6.88. The quantitative estimate of drug-likeness (QED) is 0.577. The van der Waals surface area contributed by atoms with Crippen LogP contribution in [0.5, 0.6) is 0 Å². The van der Waals surface area contributed by atoms with Gasteiger partial charge >= 0.3 is 5.97 Å². The summed E-state index contributed by atoms with van der Waals surface area (Å²) in [7, 11) is 0. The van der Waals surface area contributed by atoms with E-state index in [4.69, 9.17) is 4.74 Å². The van der Waals surface area contributed by atoms with Gasteiger partial charge in [0, 0.05) is 13.0 Å². The summed E-state index contributed by atoms with van der Waals surface area (Å²) in [6, 6.07) is 0. The van der Waals surface area contributed by atoms with Gasteiger partial charge in [0.15, 0.2) is 0 Å². The molecular weight excluding hydrogens is 158 g/mol. The number of carbonyl (C=O) groups is 2. The van der Waals surface area contributed by atoms with Crippen LogP contribution in [-0.4, -0.2) is 11.9 Å². The first kappa shape index (κ1) is 8.52. The van der Waals surface area contributed by atoms with Crippen LogP contribution < -0.4 is 5.32 Å². The molecule has 0 spiro atoms. The summed E-state index contributed by atoms with van der Waals surface area (Å²) in [6.45, 7) is 3.08. The maximum absolute atomic E-state index is 10.9. The Balaban J connectivity index is 2.77. The van der Waals surface area contributed by atoms with E-state index in [0.717, 1.165) is 0 Å². The summed E-state index contributed by atoms with van der Waals surface area (Å²) < 4.78 is 4.74. The summed E-state index contributed by atoms with van der Waals surface area (Å²) in [6.07, 6.45) is 3.14. The second kappa shape index (κ2) is 3.21. The second-order valence-electron chi connectivity index (χ2n) is 2.32. The SMILES string of the molecule is C/C=C1/C=C(NC(C)=O)C(=O)O1. The van der Waals surface area contributed by atoms with Crippen LogP contribution in [0.25, 0.3) is 0 Å². The highest BCUT2D eigenvalue weighted by Crippen LogP contribution is 2.13. The lowest BCUT2D eigenvalue weighted by molar-refractivity contribution is -0.134. The molecule has 1 rings (SSSR count). The van der Waals surface area contributed by atoms with Gasteiger partial charge in [-0.25, -0.2) is 4.79 Å². The lowest BCUT2D eigenvalue weighted by Crippen LogP contribution is -2.22. The van der Waals surface area contributed by atoms with Gasteiger partial charge < -0.3 is 10.1 Å². The number of hydrogen-bond donors (Lipinski definition) is 1. The number of esters is 1. The van der Waals surface area contributed by atoms with E-state index in [2.05, 4.69) is 5.32 Å². The number of amides is 1. The molecule has 1 aliphatic heterocycles. The number of ether oxygens (including phenoxy) is 1. The molecule has 0 aliphatic carbocycles. The minimum absolute atomic E-state index is 0.190. The Bertz CT molecular complexity index is 289. The number of allylic oxidation sites excluding steroid dienone is 2. The molecule has 1 heterocycles. The number of hydrogen-bond acceptors (Lipinski definition) is 3. The molecule has 64 valence electrons. The summed E-state index contributed by atoms with van der Waals surface area (Å²) in [5.74, 6) is -0.336. The molecule has 1 aliphatic rings. The van der Waals surface area contributed by atoms with E-state index in [9.17, 15) is 9.59 Å². The van der Waals surface area contributed by atoms with Crippen molar-refractivity contribution in [3.05, 3.63) is 23.6 Å². The number of nitrogens with one attached hydrogen (secondary N) is 1. The predicted molar refractivity (Wildman–Crippen MR) is 41.7 cm³/mol. The molecule has 0 radical (unpaired) electrons. The highest BCUT2D eigenvalue weighted by molar-refractivity contribution is 5.96. The molecule has 0 saturated heterocycles. The van der Waals surface area contributed by atoms with E-state index in [-0.39, 0.29) is 11.6 Å². The molecule has 1 N–H and O–H groups in total. The van der Waals surface area contributed by atoms with Gasteiger partial charge in [-0.3, -0.25) is 4.79 Å². The Morgan fingerprint density at radius 3 is 2.75 bits per heavy atom. The van der Waals surface area contributed by atoms with E-state index in [1.54, 1.807) is 13.0 Å². The highest BCUT2D eigenvalue weighted by Gasteiger charge is 2.20. The summed E-state index contributed by atoms with van der Waals surface area (Å²) in [5, 5.41) is 2.36. The van der Waals surface area contributed by atoms with Gasteiger partial charge in [0.25, 0.3) is 0 Å². The molecule has 12 heavy (non-hydrogen) atoms. The summed E-state index contributed by atoms with van der Waals surface area (Å²) >= 11 is 0. The molecule has 0 aromatic rings. The lowest BCUT2D eigenvalue weighted by Gasteiger charge is -1.96. The average molecular weight is 167 g/mol. The van der Waals surface area contributed by atoms with Crippen molar-refractivity contribution in [2.75, 3.05) is 0 Å². The van der Waals surface area contributed by atoms with Crippen LogP contribution in [-0.2, 0) is 14.3 Å². The topological polar surface area (TPSA) is 55.4 Å². The fraction of sp³-hybridized carbons (Fsp3) is 0.250. The lowest BCUT2D eigenvalue weighted by atomic mass is 10.4. The molecule has 1 amide bonds. The number of cyclic esters (lactones) is 1. The smallest absolute Gasteiger partial charge is 0.360 e. The van der Waals surface area contributed by atoms with Crippen molar-refractivity contribution in [2.45, 2.75) is 13.8 Å². The van der Waals surface area contributed by atoms with E-state index in [0.29, 0.717) is 5.76 Å². The third-order valence-corrected chi connectivity index (χ3v) is 1.31. The second-order valence-corrected chi connectivity index (χ2v) is 2.32. The van der Waals surface area contributed by atoms with Crippen molar-refractivity contribution in [3.63, 3.8) is 0 Å². The Hall–Kier alpha value is -1.58. The van der Waals surface area contributed by atoms with Gasteiger partial charge in [0.05, 0.1) is 0 Å². The van der Waals surface area contributed by atoms with Crippen molar-refractivity contribution < 1.29 is 14.3 Å². The first-order chi connectivity index (χ1) is 5.63. The van der Waals surface area contributed by atoms with E-state index in [1.807, 2.05) is 0 Å². The largest absolute Gasteiger partial charge is 0.422 e. The van der Waals surface area contributed by atoms with E-state index in [1.165, 1.54) is 13.0 Å². The van der Waals surface area contributed by atoms with E-state index >= 15 is 0 Å². The standard InChI is InChI=1S/C8H9NO3/c1-3-6-4-7(8(11)12-6)9-5(2)10/h3-4H,1-2H3,(H,9,10)/b6-3-. The van der Waals surface area contributed by atoms with Crippen LogP contribution in [0, 0.1) is 0 Å². The van der Waals surface area contributed by atoms with Crippen LogP contribution in [0.3, 0.4) is 0 Å².